The molecule has 0 radical (unpaired) electrons. The molecule has 164 valence electrons. The van der Waals surface area contributed by atoms with Gasteiger partial charge in [0, 0.05) is 4.57 Å². The largest absolute Gasteiger partial charge is 0.698 e. The lowest BCUT2D eigenvalue weighted by Gasteiger charge is -2.18. The van der Waals surface area contributed by atoms with Crippen molar-refractivity contribution in [3.8, 4) is 0 Å². The van der Waals surface area contributed by atoms with Crippen molar-refractivity contribution in [3.05, 3.63) is 69.8 Å². The van der Waals surface area contributed by atoms with Gasteiger partial charge in [0.2, 0.25) is 0 Å². The minimum absolute atomic E-state index is 0.305. The van der Waals surface area contributed by atoms with Crippen LogP contribution in [-0.2, 0) is 26.8 Å². The molecular weight excluding hydrogens is 391 g/mol. The Balaban J connectivity index is 2.14. The smallest absolute Gasteiger partial charge is 0.114 e. The molecule has 0 atom stereocenters. The second kappa shape index (κ2) is 11.2. The van der Waals surface area contributed by atoms with Crippen LogP contribution in [0.1, 0.15) is 112 Å². The first-order valence-corrected chi connectivity index (χ1v) is 12.2. The third kappa shape index (κ3) is 6.23. The normalized spacial score (nSPS) is 11.9. The number of hydrogen-bond donors (Lipinski definition) is 0. The van der Waals surface area contributed by atoms with E-state index in [0.717, 1.165) is 11.1 Å². The second-order valence-corrected chi connectivity index (χ2v) is 10.2. The number of rotatable bonds is 10. The van der Waals surface area contributed by atoms with Gasteiger partial charge in [-0.25, -0.2) is 0 Å². The van der Waals surface area contributed by atoms with Crippen LogP contribution in [0.15, 0.2) is 36.4 Å². The number of hydrogen-bond acceptors (Lipinski definition) is 3. The summed E-state index contributed by atoms with van der Waals surface area (Å²) in [5.41, 5.74) is 7.27. The highest BCUT2D eigenvalue weighted by atomic mass is 31.1. The summed E-state index contributed by atoms with van der Waals surface area (Å²) >= 11 is 0. The summed E-state index contributed by atoms with van der Waals surface area (Å²) in [6.45, 7) is 18.0. The Kier molecular flexibility index (Phi) is 9.22. The molecular formula is C26H38O3P+. The molecule has 0 saturated heterocycles. The molecule has 0 saturated carbocycles. The molecule has 0 aliphatic carbocycles. The van der Waals surface area contributed by atoms with Crippen molar-refractivity contribution in [1.29, 1.82) is 0 Å². The first kappa shape index (κ1) is 24.7. The Labute approximate surface area is 184 Å². The van der Waals surface area contributed by atoms with Gasteiger partial charge < -0.3 is 0 Å². The van der Waals surface area contributed by atoms with E-state index < -0.39 is 8.25 Å². The van der Waals surface area contributed by atoms with E-state index in [1.165, 1.54) is 22.3 Å². The molecule has 0 N–H and O–H groups in total. The summed E-state index contributed by atoms with van der Waals surface area (Å²) in [6, 6.07) is 12.7. The lowest BCUT2D eigenvalue weighted by atomic mass is 9.89. The summed E-state index contributed by atoms with van der Waals surface area (Å²) in [4.78, 5) is 0. The molecule has 0 bridgehead atoms. The molecule has 0 spiro atoms. The van der Waals surface area contributed by atoms with E-state index in [1.54, 1.807) is 0 Å². The van der Waals surface area contributed by atoms with Crippen LogP contribution in [0.3, 0.4) is 0 Å². The maximum Gasteiger partial charge on any atom is 0.698 e. The Morgan fingerprint density at radius 3 is 1.10 bits per heavy atom. The Hall–Kier alpha value is -1.54. The number of benzene rings is 2. The molecule has 0 aromatic heterocycles. The highest BCUT2D eigenvalue weighted by molar-refractivity contribution is 7.33. The van der Waals surface area contributed by atoms with Gasteiger partial charge >= 0.3 is 8.25 Å². The van der Waals surface area contributed by atoms with Crippen molar-refractivity contribution in [2.75, 3.05) is 0 Å². The van der Waals surface area contributed by atoms with Crippen molar-refractivity contribution >= 4 is 8.25 Å². The molecule has 3 nitrogen and oxygen atoms in total. The van der Waals surface area contributed by atoms with Gasteiger partial charge in [0.1, 0.15) is 13.2 Å². The molecule has 2 rings (SSSR count). The Morgan fingerprint density at radius 1 is 0.600 bits per heavy atom. The minimum Gasteiger partial charge on any atom is -0.114 e. The van der Waals surface area contributed by atoms with Crippen molar-refractivity contribution in [1.82, 2.24) is 0 Å². The van der Waals surface area contributed by atoms with Gasteiger partial charge in [-0.2, -0.15) is 0 Å². The van der Waals surface area contributed by atoms with Crippen LogP contribution < -0.4 is 0 Å². The fourth-order valence-corrected chi connectivity index (χ4v) is 4.56. The zero-order chi connectivity index (χ0) is 22.4. The summed E-state index contributed by atoms with van der Waals surface area (Å²) in [7, 11) is -2.20. The van der Waals surface area contributed by atoms with Crippen LogP contribution in [-0.4, -0.2) is 0 Å². The molecule has 30 heavy (non-hydrogen) atoms. The van der Waals surface area contributed by atoms with Gasteiger partial charge in [0.15, 0.2) is 0 Å². The van der Waals surface area contributed by atoms with Gasteiger partial charge in [-0.05, 0) is 57.1 Å². The molecule has 0 fully saturated rings. The predicted octanol–water partition coefficient (Wildman–Crippen LogP) is 8.57. The summed E-state index contributed by atoms with van der Waals surface area (Å²) < 4.78 is 24.1. The van der Waals surface area contributed by atoms with Crippen LogP contribution >= 0.6 is 8.25 Å². The fourth-order valence-electron chi connectivity index (χ4n) is 4.02. The van der Waals surface area contributed by atoms with Crippen LogP contribution in [0.2, 0.25) is 0 Å². The van der Waals surface area contributed by atoms with Crippen LogP contribution in [0.25, 0.3) is 0 Å². The standard InChI is InChI=1S/C26H38O3P/c1-17(2)21-11-9-12-22(18(3)4)25(21)15-28-30(27)29-16-26-23(19(5)6)13-10-14-24(26)20(7)8/h9-14,17-20H,15-16H2,1-8H3/q+1. The molecule has 4 heteroatoms. The highest BCUT2D eigenvalue weighted by Gasteiger charge is 2.25. The highest BCUT2D eigenvalue weighted by Crippen LogP contribution is 2.35. The van der Waals surface area contributed by atoms with E-state index in [2.05, 4.69) is 91.8 Å². The van der Waals surface area contributed by atoms with Crippen LogP contribution in [0.5, 0.6) is 0 Å². The van der Waals surface area contributed by atoms with Gasteiger partial charge in [-0.3, -0.25) is 0 Å². The van der Waals surface area contributed by atoms with Crippen molar-refractivity contribution in [3.63, 3.8) is 0 Å². The maximum atomic E-state index is 12.6. The molecule has 0 unspecified atom stereocenters. The van der Waals surface area contributed by atoms with Gasteiger partial charge in [-0.15, -0.1) is 9.05 Å². The van der Waals surface area contributed by atoms with E-state index in [4.69, 9.17) is 9.05 Å². The first-order valence-electron chi connectivity index (χ1n) is 11.1. The van der Waals surface area contributed by atoms with Gasteiger partial charge in [0.25, 0.3) is 0 Å². The zero-order valence-corrected chi connectivity index (χ0v) is 20.8. The van der Waals surface area contributed by atoms with Crippen LogP contribution in [0, 0.1) is 0 Å². The summed E-state index contributed by atoms with van der Waals surface area (Å²) in [6.07, 6.45) is 0. The minimum atomic E-state index is -2.20. The quantitative estimate of drug-likeness (QED) is 0.355. The van der Waals surface area contributed by atoms with Crippen molar-refractivity contribution in [2.24, 2.45) is 0 Å². The SMILES string of the molecule is CC(C)c1cccc(C(C)C)c1CO[P+](=O)OCc1c(C(C)C)cccc1C(C)C. The fraction of sp³-hybridized carbons (Fsp3) is 0.538. The van der Waals surface area contributed by atoms with E-state index in [1.807, 2.05) is 0 Å². The third-order valence-electron chi connectivity index (χ3n) is 5.61. The monoisotopic (exact) mass is 429 g/mol. The summed E-state index contributed by atoms with van der Waals surface area (Å²) in [5, 5.41) is 0. The molecule has 0 heterocycles. The van der Waals surface area contributed by atoms with Gasteiger partial charge in [0.05, 0.1) is 0 Å². The molecule has 0 aliphatic heterocycles. The Bertz CT molecular complexity index is 731. The average molecular weight is 430 g/mol. The Morgan fingerprint density at radius 2 is 0.867 bits per heavy atom. The molecule has 2 aromatic carbocycles. The topological polar surface area (TPSA) is 35.5 Å². The average Bonchev–Trinajstić information content (AvgIpc) is 2.69. The molecule has 0 aliphatic rings. The lowest BCUT2D eigenvalue weighted by Crippen LogP contribution is -2.05. The lowest BCUT2D eigenvalue weighted by molar-refractivity contribution is 0.210. The first-order chi connectivity index (χ1) is 14.1. The van der Waals surface area contributed by atoms with E-state index >= 15 is 0 Å². The maximum absolute atomic E-state index is 12.6. The van der Waals surface area contributed by atoms with Crippen molar-refractivity contribution < 1.29 is 13.6 Å². The zero-order valence-electron chi connectivity index (χ0n) is 19.9. The third-order valence-corrected chi connectivity index (χ3v) is 6.29. The van der Waals surface area contributed by atoms with Crippen LogP contribution in [0.4, 0.5) is 0 Å². The predicted molar refractivity (Wildman–Crippen MR) is 126 cm³/mol. The molecule has 0 amide bonds. The van der Waals surface area contributed by atoms with Gasteiger partial charge in [-0.1, -0.05) is 91.8 Å². The van der Waals surface area contributed by atoms with E-state index in [-0.39, 0.29) is 0 Å². The second-order valence-electron chi connectivity index (χ2n) is 9.22. The van der Waals surface area contributed by atoms with E-state index in [9.17, 15) is 4.57 Å². The summed E-state index contributed by atoms with van der Waals surface area (Å²) in [5.74, 6) is 1.53. The van der Waals surface area contributed by atoms with E-state index in [0.29, 0.717) is 36.9 Å². The van der Waals surface area contributed by atoms with Crippen molar-refractivity contribution in [2.45, 2.75) is 92.3 Å². The molecule has 2 aromatic rings.